The largest absolute Gasteiger partial charge is 0.507 e. The zero-order valence-electron chi connectivity index (χ0n) is 8.67. The van der Waals surface area contributed by atoms with E-state index in [0.717, 1.165) is 0 Å². The van der Waals surface area contributed by atoms with Gasteiger partial charge in [-0.3, -0.25) is 0 Å². The van der Waals surface area contributed by atoms with Crippen molar-refractivity contribution in [3.05, 3.63) is 23.3 Å². The van der Waals surface area contributed by atoms with Gasteiger partial charge in [0, 0.05) is 0 Å². The topological polar surface area (TPSA) is 113 Å². The smallest absolute Gasteiger partial charge is 0.341 e. The zero-order chi connectivity index (χ0) is 12.3. The highest BCUT2D eigenvalue weighted by atomic mass is 16.5. The van der Waals surface area contributed by atoms with Crippen molar-refractivity contribution in [3.63, 3.8) is 0 Å². The Hall–Kier alpha value is -1.79. The third kappa shape index (κ3) is 2.07. The van der Waals surface area contributed by atoms with Crippen LogP contribution in [0, 0.1) is 0 Å². The van der Waals surface area contributed by atoms with Crippen molar-refractivity contribution in [2.75, 3.05) is 13.7 Å². The van der Waals surface area contributed by atoms with Crippen molar-refractivity contribution < 1.29 is 24.9 Å². The Morgan fingerprint density at radius 2 is 2.12 bits per heavy atom. The lowest BCUT2D eigenvalue weighted by Gasteiger charge is -2.14. The fourth-order valence-electron chi connectivity index (χ4n) is 1.33. The van der Waals surface area contributed by atoms with Gasteiger partial charge in [0.1, 0.15) is 17.1 Å². The number of benzene rings is 1. The third-order valence-electron chi connectivity index (χ3n) is 2.17. The van der Waals surface area contributed by atoms with E-state index in [9.17, 15) is 15.0 Å². The Balaban J connectivity index is 3.32. The molecule has 1 aromatic carbocycles. The lowest BCUT2D eigenvalue weighted by molar-refractivity contribution is 0.0597. The number of rotatable bonds is 3. The molecule has 0 aliphatic heterocycles. The number of aliphatic hydroxyl groups excluding tert-OH is 1. The van der Waals surface area contributed by atoms with Crippen molar-refractivity contribution >= 4 is 5.97 Å². The summed E-state index contributed by atoms with van der Waals surface area (Å²) in [5, 5.41) is 28.0. The maximum absolute atomic E-state index is 11.2. The number of aliphatic hydroxyl groups is 1. The van der Waals surface area contributed by atoms with Crippen LogP contribution in [0.15, 0.2) is 12.1 Å². The minimum absolute atomic E-state index is 0.0783. The lowest BCUT2D eigenvalue weighted by Crippen LogP contribution is -2.16. The van der Waals surface area contributed by atoms with Crippen molar-refractivity contribution in [2.45, 2.75) is 6.04 Å². The highest BCUT2D eigenvalue weighted by Gasteiger charge is 2.21. The van der Waals surface area contributed by atoms with E-state index in [1.807, 2.05) is 0 Å². The molecule has 6 nitrogen and oxygen atoms in total. The predicted octanol–water partition coefficient (Wildman–Crippen LogP) is -0.123. The molecule has 0 unspecified atom stereocenters. The SMILES string of the molecule is COC(=O)c1ccc(O)c([C@H](N)CO)c1O. The van der Waals surface area contributed by atoms with Gasteiger partial charge in [0.2, 0.25) is 0 Å². The summed E-state index contributed by atoms with van der Waals surface area (Å²) in [7, 11) is 1.17. The normalized spacial score (nSPS) is 12.2. The number of phenols is 2. The number of ether oxygens (including phenoxy) is 1. The number of carbonyl (C=O) groups is 1. The van der Waals surface area contributed by atoms with E-state index in [4.69, 9.17) is 10.8 Å². The van der Waals surface area contributed by atoms with Gasteiger partial charge in [0.25, 0.3) is 0 Å². The van der Waals surface area contributed by atoms with Crippen LogP contribution in [0.25, 0.3) is 0 Å². The molecule has 0 aliphatic rings. The van der Waals surface area contributed by atoms with E-state index < -0.39 is 24.4 Å². The quantitative estimate of drug-likeness (QED) is 0.535. The summed E-state index contributed by atoms with van der Waals surface area (Å²) in [4.78, 5) is 11.2. The van der Waals surface area contributed by atoms with Crippen molar-refractivity contribution in [2.24, 2.45) is 5.73 Å². The molecule has 0 fully saturated rings. The Kier molecular flexibility index (Phi) is 3.70. The first-order valence-electron chi connectivity index (χ1n) is 4.52. The summed E-state index contributed by atoms with van der Waals surface area (Å²) in [6, 6.07) is 1.45. The summed E-state index contributed by atoms with van der Waals surface area (Å²) in [6.45, 7) is -0.467. The zero-order valence-corrected chi connectivity index (χ0v) is 8.67. The Bertz CT molecular complexity index is 404. The molecule has 1 atom stereocenters. The van der Waals surface area contributed by atoms with Crippen molar-refractivity contribution in [3.8, 4) is 11.5 Å². The summed E-state index contributed by atoms with van der Waals surface area (Å²) in [5.41, 5.74) is 5.29. The van der Waals surface area contributed by atoms with Gasteiger partial charge in [-0.15, -0.1) is 0 Å². The molecule has 1 aromatic rings. The molecule has 1 rings (SSSR count). The van der Waals surface area contributed by atoms with Gasteiger partial charge in [-0.25, -0.2) is 4.79 Å². The van der Waals surface area contributed by atoms with Gasteiger partial charge in [-0.05, 0) is 12.1 Å². The molecule has 0 radical (unpaired) electrons. The molecular formula is C10H13NO5. The standard InChI is InChI=1S/C10H13NO5/c1-16-10(15)5-2-3-7(13)8(9(5)14)6(11)4-12/h2-3,6,12-14H,4,11H2,1H3/t6-/m1/s1. The first-order chi connectivity index (χ1) is 7.52. The van der Waals surface area contributed by atoms with Crippen LogP contribution in [0.5, 0.6) is 11.5 Å². The molecule has 0 amide bonds. The number of hydrogen-bond acceptors (Lipinski definition) is 6. The fourth-order valence-corrected chi connectivity index (χ4v) is 1.33. The Morgan fingerprint density at radius 3 is 2.62 bits per heavy atom. The van der Waals surface area contributed by atoms with E-state index in [-0.39, 0.29) is 16.9 Å². The van der Waals surface area contributed by atoms with Gasteiger partial charge in [-0.2, -0.15) is 0 Å². The first kappa shape index (κ1) is 12.3. The maximum Gasteiger partial charge on any atom is 0.341 e. The minimum atomic E-state index is -0.968. The van der Waals surface area contributed by atoms with Crippen molar-refractivity contribution in [1.29, 1.82) is 0 Å². The van der Waals surface area contributed by atoms with E-state index in [0.29, 0.717) is 0 Å². The lowest BCUT2D eigenvalue weighted by atomic mass is 10.0. The second-order valence-electron chi connectivity index (χ2n) is 3.18. The highest BCUT2D eigenvalue weighted by molar-refractivity contribution is 5.93. The number of carbonyl (C=O) groups excluding carboxylic acids is 1. The van der Waals surface area contributed by atoms with Crippen LogP contribution < -0.4 is 5.73 Å². The average molecular weight is 227 g/mol. The van der Waals surface area contributed by atoms with Crippen molar-refractivity contribution in [1.82, 2.24) is 0 Å². The van der Waals surface area contributed by atoms with Crippen LogP contribution >= 0.6 is 0 Å². The second kappa shape index (κ2) is 4.82. The number of hydrogen-bond donors (Lipinski definition) is 4. The number of esters is 1. The van der Waals surface area contributed by atoms with Gasteiger partial charge in [0.15, 0.2) is 0 Å². The molecule has 0 aromatic heterocycles. The molecule has 0 saturated carbocycles. The van der Waals surface area contributed by atoms with Gasteiger partial charge < -0.3 is 25.8 Å². The highest BCUT2D eigenvalue weighted by Crippen LogP contribution is 2.34. The number of nitrogens with two attached hydrogens (primary N) is 1. The van der Waals surface area contributed by atoms with E-state index >= 15 is 0 Å². The van der Waals surface area contributed by atoms with E-state index in [2.05, 4.69) is 4.74 Å². The molecule has 16 heavy (non-hydrogen) atoms. The van der Waals surface area contributed by atoms with Gasteiger partial charge >= 0.3 is 5.97 Å². The first-order valence-corrected chi connectivity index (χ1v) is 4.52. The number of aromatic hydroxyl groups is 2. The van der Waals surface area contributed by atoms with Gasteiger partial charge in [-0.1, -0.05) is 0 Å². The number of methoxy groups -OCH3 is 1. The molecule has 0 aliphatic carbocycles. The molecule has 0 heterocycles. The molecule has 0 saturated heterocycles. The second-order valence-corrected chi connectivity index (χ2v) is 3.18. The summed E-state index contributed by atoms with van der Waals surface area (Å²) in [5.74, 6) is -1.51. The molecule has 0 spiro atoms. The monoisotopic (exact) mass is 227 g/mol. The third-order valence-corrected chi connectivity index (χ3v) is 2.17. The maximum atomic E-state index is 11.2. The minimum Gasteiger partial charge on any atom is -0.507 e. The summed E-state index contributed by atoms with van der Waals surface area (Å²) >= 11 is 0. The molecule has 0 bridgehead atoms. The Labute approximate surface area is 91.9 Å². The predicted molar refractivity (Wildman–Crippen MR) is 55.1 cm³/mol. The fraction of sp³-hybridized carbons (Fsp3) is 0.300. The molecule has 88 valence electrons. The van der Waals surface area contributed by atoms with Crippen LogP contribution in [-0.4, -0.2) is 35.0 Å². The van der Waals surface area contributed by atoms with Gasteiger partial charge in [0.05, 0.1) is 25.3 Å². The summed E-state index contributed by atoms with van der Waals surface area (Å²) < 4.78 is 4.44. The number of phenolic OH excluding ortho intramolecular Hbond substituents is 2. The summed E-state index contributed by atoms with van der Waals surface area (Å²) in [6.07, 6.45) is 0. The Morgan fingerprint density at radius 1 is 1.50 bits per heavy atom. The van der Waals surface area contributed by atoms with Crippen LogP contribution in [0.2, 0.25) is 0 Å². The van der Waals surface area contributed by atoms with Crippen LogP contribution in [0.4, 0.5) is 0 Å². The molecule has 5 N–H and O–H groups in total. The van der Waals surface area contributed by atoms with Crippen LogP contribution in [0.1, 0.15) is 22.0 Å². The van der Waals surface area contributed by atoms with Crippen LogP contribution in [0.3, 0.4) is 0 Å². The van der Waals surface area contributed by atoms with Crippen LogP contribution in [-0.2, 0) is 4.74 Å². The molecule has 6 heteroatoms. The van der Waals surface area contributed by atoms with E-state index in [1.165, 1.54) is 19.2 Å². The van der Waals surface area contributed by atoms with E-state index in [1.54, 1.807) is 0 Å². The molecular weight excluding hydrogens is 214 g/mol. The average Bonchev–Trinajstić information content (AvgIpc) is 2.28.